The lowest BCUT2D eigenvalue weighted by molar-refractivity contribution is -0.203. The molecule has 6 heterocycles. The number of methoxy groups -OCH3 is 2. The number of aromatic nitrogens is 1. The highest BCUT2D eigenvalue weighted by Gasteiger charge is 2.79. The van der Waals surface area contributed by atoms with Gasteiger partial charge in [-0.1, -0.05) is 44.2 Å². The lowest BCUT2D eigenvalue weighted by Gasteiger charge is -2.63. The number of carbonyl (C=O) groups is 2. The Labute approximate surface area is 382 Å². The third kappa shape index (κ3) is 6.42. The second kappa shape index (κ2) is 16.5. The van der Waals surface area contributed by atoms with Crippen LogP contribution in [0, 0.1) is 11.3 Å². The minimum absolute atomic E-state index is 0.0745. The van der Waals surface area contributed by atoms with Gasteiger partial charge in [-0.05, 0) is 95.0 Å². The number of fused-ring (bicyclic) bond motifs is 6. The van der Waals surface area contributed by atoms with Gasteiger partial charge in [-0.15, -0.1) is 0 Å². The molecule has 16 heteroatoms. The number of benzene rings is 2. The minimum Gasteiger partial charge on any atom is -0.496 e. The maximum atomic E-state index is 15.4. The van der Waals surface area contributed by atoms with Gasteiger partial charge in [0, 0.05) is 84.0 Å². The number of aliphatic hydroxyl groups is 3. The first-order valence-electron chi connectivity index (χ1n) is 23.6. The lowest BCUT2D eigenvalue weighted by atomic mass is 9.47. The Morgan fingerprint density at radius 1 is 1.00 bits per heavy atom. The molecule has 1 saturated carbocycles. The number of esters is 1. The van der Waals surface area contributed by atoms with Crippen molar-refractivity contribution in [2.75, 3.05) is 72.1 Å². The quantitative estimate of drug-likeness (QED) is 0.0933. The van der Waals surface area contributed by atoms with E-state index in [1.165, 1.54) is 14.0 Å². The van der Waals surface area contributed by atoms with Crippen molar-refractivity contribution in [3.05, 3.63) is 70.9 Å². The van der Waals surface area contributed by atoms with Crippen LogP contribution in [-0.4, -0.2) is 144 Å². The molecule has 3 unspecified atom stereocenters. The molecule has 5 N–H and O–H groups in total. The molecule has 15 nitrogen and oxygen atoms in total. The number of nitrogens with one attached hydrogen (secondary N) is 2. The molecule has 3 fully saturated rings. The van der Waals surface area contributed by atoms with Gasteiger partial charge in [0.2, 0.25) is 0 Å². The average molecular weight is 918 g/mol. The van der Waals surface area contributed by atoms with Gasteiger partial charge in [0.05, 0.1) is 39.1 Å². The molecule has 2 saturated heterocycles. The van der Waals surface area contributed by atoms with Crippen LogP contribution in [0.15, 0.2) is 48.6 Å². The van der Waals surface area contributed by atoms with Crippen molar-refractivity contribution in [2.24, 2.45) is 11.3 Å². The fourth-order valence-corrected chi connectivity index (χ4v) is 15.6. The van der Waals surface area contributed by atoms with Crippen LogP contribution in [0.1, 0.15) is 89.1 Å². The number of amides is 1. The second-order valence-electron chi connectivity index (χ2n) is 19.7. The summed E-state index contributed by atoms with van der Waals surface area (Å²) in [6.45, 7) is 12.2. The zero-order valence-electron chi connectivity index (χ0n) is 39.2. The summed E-state index contributed by atoms with van der Waals surface area (Å²) < 4.78 is 37.7. The molecule has 6 aliphatic rings. The highest BCUT2D eigenvalue weighted by Crippen LogP contribution is 2.68. The monoisotopic (exact) mass is 917 g/mol. The maximum absolute atomic E-state index is 15.4. The van der Waals surface area contributed by atoms with Crippen LogP contribution in [0.2, 0.25) is 0 Å². The van der Waals surface area contributed by atoms with Crippen molar-refractivity contribution < 1.29 is 48.0 Å². The molecule has 2 bridgehead atoms. The van der Waals surface area contributed by atoms with Crippen molar-refractivity contribution in [3.8, 4) is 5.75 Å². The molecule has 65 heavy (non-hydrogen) atoms. The number of nitrogens with zero attached hydrogens (tertiary/aromatic N) is 3. The largest absolute Gasteiger partial charge is 0.496 e. The Balaban J connectivity index is 1.30. The number of para-hydroxylation sites is 1. The van der Waals surface area contributed by atoms with Crippen molar-refractivity contribution >= 4 is 36.1 Å². The number of piperidine rings is 1. The smallest absolute Gasteiger partial charge is 0.352 e. The Kier molecular flexibility index (Phi) is 11.7. The summed E-state index contributed by atoms with van der Waals surface area (Å²) >= 11 is 0. The number of likely N-dealkylation sites (N-methyl/N-ethyl adjacent to an activating group) is 1. The summed E-state index contributed by atoms with van der Waals surface area (Å²) in [5.41, 5.74) is -2.23. The van der Waals surface area contributed by atoms with Gasteiger partial charge in [-0.3, -0.25) is 24.0 Å². The summed E-state index contributed by atoms with van der Waals surface area (Å²) in [7, 11) is 0.955. The van der Waals surface area contributed by atoms with E-state index in [0.717, 1.165) is 27.7 Å². The molecule has 3 aromatic rings. The first-order chi connectivity index (χ1) is 31.0. The number of hydrogen-bond acceptors (Lipinski definition) is 13. The van der Waals surface area contributed by atoms with E-state index in [4.69, 9.17) is 18.5 Å². The highest BCUT2D eigenvalue weighted by atomic mass is 31.2. The van der Waals surface area contributed by atoms with Crippen LogP contribution in [0.4, 0.5) is 5.69 Å². The van der Waals surface area contributed by atoms with Crippen molar-refractivity contribution in [2.45, 2.75) is 119 Å². The molecular weight excluding hydrogens is 850 g/mol. The molecule has 1 amide bonds. The zero-order valence-corrected chi connectivity index (χ0v) is 40.1. The number of ether oxygens (including phenoxy) is 2. The highest BCUT2D eigenvalue weighted by molar-refractivity contribution is 7.54. The third-order valence-electron chi connectivity index (χ3n) is 16.6. The molecular formula is C49H68N5O10P. The topological polar surface area (TPSA) is 186 Å². The summed E-state index contributed by atoms with van der Waals surface area (Å²) in [4.78, 5) is 41.0. The Hall–Kier alpha value is -3.79. The van der Waals surface area contributed by atoms with Crippen molar-refractivity contribution in [1.82, 2.24) is 20.1 Å². The standard InChI is InChI=1S/C49H68N5O10P/c1-9-45(58)26-31-27-48(44(57)62-8,39-33(18-22-53(28-31)29-45)32-16-13-14-17-36(32)51-39)35-24-34-37(25-38(35)61-7)52(6)41-47(34)20-23-54-21-15-19-46(10-2,40(47)54)42(55)49(41,59)43(56)50-30(5)65(60,63-11-3)64-12-4/h13-17,19,24-25,30-31,40-42,51,55,58-59H,9-12,18,20-23,26-29H2,1-8H3,(H,50,56)/t30-,31+,40?,41-,42-,45+,46-,47?,48+,49+/m1/s1. The van der Waals surface area contributed by atoms with Crippen LogP contribution in [0.5, 0.6) is 5.75 Å². The van der Waals surface area contributed by atoms with E-state index >= 15 is 9.59 Å². The van der Waals surface area contributed by atoms with E-state index < -0.39 is 64.8 Å². The van der Waals surface area contributed by atoms with Crippen molar-refractivity contribution in [1.29, 1.82) is 0 Å². The van der Waals surface area contributed by atoms with Crippen LogP contribution < -0.4 is 15.0 Å². The first-order valence-corrected chi connectivity index (χ1v) is 25.2. The number of carbonyl (C=O) groups excluding carboxylic acids is 2. The third-order valence-corrected chi connectivity index (χ3v) is 19.0. The molecule has 2 aromatic carbocycles. The van der Waals surface area contributed by atoms with E-state index in [2.05, 4.69) is 32.2 Å². The van der Waals surface area contributed by atoms with Gasteiger partial charge in [-0.2, -0.15) is 0 Å². The number of H-pyrrole nitrogens is 1. The van der Waals surface area contributed by atoms with Crippen molar-refractivity contribution in [3.63, 3.8) is 0 Å². The SMILES string of the molecule is CCOP(=O)(OCC)[C@H](C)NC(=O)[C@]1(O)[C@@H]2N(C)c3cc(OC)c([C@@]4(C(=O)OC)C[C@H]5CN(CCc6c4[nH]c4ccccc64)C[C@](O)(CC)C5)cc3C23CCN2CC=C[C@](CC)(C23)[C@H]1O. The molecule has 11 atom stereocenters. The normalized spacial score (nSPS) is 35.6. The number of anilines is 1. The van der Waals surface area contributed by atoms with Gasteiger partial charge in [-0.25, -0.2) is 0 Å². The predicted molar refractivity (Wildman–Crippen MR) is 247 cm³/mol. The average Bonchev–Trinajstić information content (AvgIpc) is 3.96. The summed E-state index contributed by atoms with van der Waals surface area (Å²) in [6, 6.07) is 10.7. The van der Waals surface area contributed by atoms with Gasteiger partial charge in [0.15, 0.2) is 5.60 Å². The van der Waals surface area contributed by atoms with E-state index in [1.807, 2.05) is 62.2 Å². The minimum atomic E-state index is -3.90. The van der Waals surface area contributed by atoms with Crippen LogP contribution in [0.25, 0.3) is 10.9 Å². The number of aromatic amines is 1. The summed E-state index contributed by atoms with van der Waals surface area (Å²) in [5, 5.41) is 42.4. The van der Waals surface area contributed by atoms with Gasteiger partial charge in [0.1, 0.15) is 23.1 Å². The summed E-state index contributed by atoms with van der Waals surface area (Å²) in [5.74, 6) is -2.20. The summed E-state index contributed by atoms with van der Waals surface area (Å²) in [6.07, 6.45) is 5.32. The molecule has 5 aliphatic heterocycles. The Bertz CT molecular complexity index is 2440. The van der Waals surface area contributed by atoms with E-state index in [0.29, 0.717) is 88.2 Å². The first kappa shape index (κ1) is 46.3. The molecule has 1 aromatic heterocycles. The second-order valence-corrected chi connectivity index (χ2v) is 22.0. The number of aliphatic hydroxyl groups excluding tert-OH is 1. The van der Waals surface area contributed by atoms with Gasteiger partial charge < -0.3 is 49.0 Å². The van der Waals surface area contributed by atoms with Crippen LogP contribution >= 0.6 is 7.60 Å². The Morgan fingerprint density at radius 3 is 2.42 bits per heavy atom. The molecule has 9 rings (SSSR count). The molecule has 0 radical (unpaired) electrons. The number of hydrogen-bond donors (Lipinski definition) is 5. The maximum Gasteiger partial charge on any atom is 0.352 e. The fraction of sp³-hybridized carbons (Fsp3) is 0.633. The molecule has 1 aliphatic carbocycles. The van der Waals surface area contributed by atoms with Crippen LogP contribution in [0.3, 0.4) is 0 Å². The number of rotatable bonds is 12. The molecule has 354 valence electrons. The fourth-order valence-electron chi connectivity index (χ4n) is 14.0. The molecule has 1 spiro atoms. The van der Waals surface area contributed by atoms with Gasteiger partial charge in [0.25, 0.3) is 5.91 Å². The van der Waals surface area contributed by atoms with Crippen LogP contribution in [-0.2, 0) is 45.2 Å². The van der Waals surface area contributed by atoms with E-state index in [9.17, 15) is 19.9 Å². The van der Waals surface area contributed by atoms with E-state index in [-0.39, 0.29) is 25.2 Å². The zero-order chi connectivity index (χ0) is 46.5. The van der Waals surface area contributed by atoms with Gasteiger partial charge >= 0.3 is 13.6 Å². The Morgan fingerprint density at radius 2 is 1.74 bits per heavy atom. The lowest BCUT2D eigenvalue weighted by Crippen LogP contribution is -2.82. The van der Waals surface area contributed by atoms with E-state index in [1.54, 1.807) is 21.0 Å². The predicted octanol–water partition coefficient (Wildman–Crippen LogP) is 4.98.